The van der Waals surface area contributed by atoms with Crippen LogP contribution < -0.4 is 10.5 Å². The molecule has 3 unspecified atom stereocenters. The molecule has 0 amide bonds. The predicted molar refractivity (Wildman–Crippen MR) is 80.9 cm³/mol. The molecule has 1 aromatic rings. The minimum atomic E-state index is 0.0564. The maximum Gasteiger partial charge on any atom is 0.124 e. The summed E-state index contributed by atoms with van der Waals surface area (Å²) in [5, 5.41) is 0. The van der Waals surface area contributed by atoms with E-state index in [1.54, 1.807) is 0 Å². The summed E-state index contributed by atoms with van der Waals surface area (Å²) in [4.78, 5) is 4.98. The van der Waals surface area contributed by atoms with E-state index in [1.807, 2.05) is 18.2 Å². The monoisotopic (exact) mass is 275 g/mol. The fraction of sp³-hybridized carbons (Fsp3) is 0.625. The second-order valence-corrected chi connectivity index (χ2v) is 5.98. The van der Waals surface area contributed by atoms with Crippen LogP contribution in [0.25, 0.3) is 0 Å². The molecule has 1 aromatic carbocycles. The molecule has 3 rings (SSSR count). The highest BCUT2D eigenvalue weighted by Crippen LogP contribution is 2.33. The fourth-order valence-corrected chi connectivity index (χ4v) is 3.42. The first-order chi connectivity index (χ1) is 9.70. The Bertz CT molecular complexity index is 465. The molecule has 2 aliphatic heterocycles. The molecule has 110 valence electrons. The lowest BCUT2D eigenvalue weighted by Gasteiger charge is -2.45. The zero-order valence-electron chi connectivity index (χ0n) is 12.5. The first-order valence-corrected chi connectivity index (χ1v) is 7.62. The molecule has 20 heavy (non-hydrogen) atoms. The van der Waals surface area contributed by atoms with Crippen molar-refractivity contribution >= 4 is 0 Å². The zero-order chi connectivity index (χ0) is 14.1. The maximum atomic E-state index is 6.51. The van der Waals surface area contributed by atoms with Crippen molar-refractivity contribution in [3.63, 3.8) is 0 Å². The Morgan fingerprint density at radius 1 is 1.30 bits per heavy atom. The fourth-order valence-electron chi connectivity index (χ4n) is 3.42. The smallest absolute Gasteiger partial charge is 0.124 e. The number of benzene rings is 1. The lowest BCUT2D eigenvalue weighted by molar-refractivity contribution is 0.0269. The molecule has 0 spiro atoms. The third-order valence-electron chi connectivity index (χ3n) is 4.85. The van der Waals surface area contributed by atoms with Gasteiger partial charge in [-0.2, -0.15) is 0 Å². The van der Waals surface area contributed by atoms with Crippen molar-refractivity contribution in [2.24, 2.45) is 5.73 Å². The Morgan fingerprint density at radius 2 is 2.10 bits per heavy atom. The number of ether oxygens (including phenoxy) is 1. The van der Waals surface area contributed by atoms with Gasteiger partial charge in [-0.05, 0) is 19.5 Å². The van der Waals surface area contributed by atoms with E-state index in [0.29, 0.717) is 18.7 Å². The first kappa shape index (κ1) is 13.9. The van der Waals surface area contributed by atoms with Gasteiger partial charge in [0, 0.05) is 31.2 Å². The number of rotatable bonds is 2. The van der Waals surface area contributed by atoms with E-state index in [1.165, 1.54) is 6.42 Å². The molecule has 0 bridgehead atoms. The van der Waals surface area contributed by atoms with Gasteiger partial charge in [0.25, 0.3) is 0 Å². The molecule has 0 aliphatic carbocycles. The molecule has 2 aliphatic rings. The number of hydrogen-bond donors (Lipinski definition) is 1. The van der Waals surface area contributed by atoms with Gasteiger partial charge in [-0.25, -0.2) is 0 Å². The summed E-state index contributed by atoms with van der Waals surface area (Å²) in [5.41, 5.74) is 7.66. The van der Waals surface area contributed by atoms with Crippen LogP contribution in [0.4, 0.5) is 0 Å². The number of fused-ring (bicyclic) bond motifs is 1. The van der Waals surface area contributed by atoms with Gasteiger partial charge in [-0.15, -0.1) is 0 Å². The third kappa shape index (κ3) is 2.43. The van der Waals surface area contributed by atoms with Gasteiger partial charge in [0.1, 0.15) is 12.4 Å². The van der Waals surface area contributed by atoms with Crippen LogP contribution in [0.15, 0.2) is 24.3 Å². The average Bonchev–Trinajstić information content (AvgIpc) is 2.49. The van der Waals surface area contributed by atoms with E-state index < -0.39 is 0 Å². The molecule has 0 radical (unpaired) electrons. The topological polar surface area (TPSA) is 41.7 Å². The standard InChI is InChI=1S/C16H25N3O/c1-3-12-10-19(9-8-18(12)2)14-11-20-15-7-5-4-6-13(15)16(14)17/h4-7,12,14,16H,3,8-11,17H2,1-2H3. The normalized spacial score (nSPS) is 31.6. The van der Waals surface area contributed by atoms with Crippen LogP contribution in [0.5, 0.6) is 5.75 Å². The summed E-state index contributed by atoms with van der Waals surface area (Å²) < 4.78 is 5.92. The van der Waals surface area contributed by atoms with Crippen LogP contribution in [0, 0.1) is 0 Å². The van der Waals surface area contributed by atoms with Crippen molar-refractivity contribution in [2.75, 3.05) is 33.3 Å². The molecule has 2 N–H and O–H groups in total. The minimum Gasteiger partial charge on any atom is -0.492 e. The molecule has 3 atom stereocenters. The summed E-state index contributed by atoms with van der Waals surface area (Å²) in [7, 11) is 2.22. The Balaban J connectivity index is 1.76. The highest BCUT2D eigenvalue weighted by atomic mass is 16.5. The average molecular weight is 275 g/mol. The van der Waals surface area contributed by atoms with E-state index in [2.05, 4.69) is 29.8 Å². The predicted octanol–water partition coefficient (Wildman–Crippen LogP) is 1.47. The number of likely N-dealkylation sites (N-methyl/N-ethyl adjacent to an activating group) is 1. The van der Waals surface area contributed by atoms with E-state index in [4.69, 9.17) is 10.5 Å². The van der Waals surface area contributed by atoms with Crippen molar-refractivity contribution in [1.82, 2.24) is 9.80 Å². The van der Waals surface area contributed by atoms with Gasteiger partial charge in [0.2, 0.25) is 0 Å². The van der Waals surface area contributed by atoms with Crippen LogP contribution in [0.1, 0.15) is 24.9 Å². The maximum absolute atomic E-state index is 6.51. The van der Waals surface area contributed by atoms with Gasteiger partial charge >= 0.3 is 0 Å². The van der Waals surface area contributed by atoms with E-state index in [0.717, 1.165) is 30.9 Å². The summed E-state index contributed by atoms with van der Waals surface area (Å²) in [6.07, 6.45) is 1.19. The molecular weight excluding hydrogens is 250 g/mol. The van der Waals surface area contributed by atoms with E-state index in [-0.39, 0.29) is 6.04 Å². The van der Waals surface area contributed by atoms with Crippen molar-refractivity contribution < 1.29 is 4.74 Å². The highest BCUT2D eigenvalue weighted by Gasteiger charge is 2.35. The summed E-state index contributed by atoms with van der Waals surface area (Å²) in [5.74, 6) is 0.956. The molecule has 1 fully saturated rings. The van der Waals surface area contributed by atoms with Crippen molar-refractivity contribution in [3.8, 4) is 5.75 Å². The van der Waals surface area contributed by atoms with Crippen molar-refractivity contribution in [2.45, 2.75) is 31.5 Å². The molecule has 4 nitrogen and oxygen atoms in total. The number of nitrogens with zero attached hydrogens (tertiary/aromatic N) is 2. The van der Waals surface area contributed by atoms with Crippen LogP contribution in [0.3, 0.4) is 0 Å². The first-order valence-electron chi connectivity index (χ1n) is 7.62. The molecule has 0 saturated carbocycles. The van der Waals surface area contributed by atoms with Crippen molar-refractivity contribution in [3.05, 3.63) is 29.8 Å². The van der Waals surface area contributed by atoms with Crippen LogP contribution in [-0.2, 0) is 0 Å². The van der Waals surface area contributed by atoms with Crippen LogP contribution in [0.2, 0.25) is 0 Å². The Kier molecular flexibility index (Phi) is 3.96. The Morgan fingerprint density at radius 3 is 2.90 bits per heavy atom. The summed E-state index contributed by atoms with van der Waals surface area (Å²) >= 11 is 0. The summed E-state index contributed by atoms with van der Waals surface area (Å²) in [6.45, 7) is 6.26. The molecule has 4 heteroatoms. The van der Waals surface area contributed by atoms with Crippen LogP contribution >= 0.6 is 0 Å². The number of para-hydroxylation sites is 1. The quantitative estimate of drug-likeness (QED) is 0.887. The number of nitrogens with two attached hydrogens (primary N) is 1. The van der Waals surface area contributed by atoms with Gasteiger partial charge in [0.15, 0.2) is 0 Å². The van der Waals surface area contributed by atoms with Gasteiger partial charge in [-0.1, -0.05) is 25.1 Å². The second-order valence-electron chi connectivity index (χ2n) is 5.98. The third-order valence-corrected chi connectivity index (χ3v) is 4.85. The van der Waals surface area contributed by atoms with Gasteiger partial charge < -0.3 is 15.4 Å². The molecule has 0 aromatic heterocycles. The molecule has 2 heterocycles. The van der Waals surface area contributed by atoms with E-state index >= 15 is 0 Å². The van der Waals surface area contributed by atoms with Crippen molar-refractivity contribution in [1.29, 1.82) is 0 Å². The Hall–Kier alpha value is -1.10. The van der Waals surface area contributed by atoms with E-state index in [9.17, 15) is 0 Å². The lowest BCUT2D eigenvalue weighted by Crippen LogP contribution is -2.58. The second kappa shape index (κ2) is 5.72. The van der Waals surface area contributed by atoms with Crippen LogP contribution in [-0.4, -0.2) is 55.2 Å². The minimum absolute atomic E-state index is 0.0564. The number of piperazine rings is 1. The highest BCUT2D eigenvalue weighted by molar-refractivity contribution is 5.38. The largest absolute Gasteiger partial charge is 0.492 e. The zero-order valence-corrected chi connectivity index (χ0v) is 12.5. The summed E-state index contributed by atoms with van der Waals surface area (Å²) in [6, 6.07) is 9.16. The number of hydrogen-bond acceptors (Lipinski definition) is 4. The lowest BCUT2D eigenvalue weighted by atomic mass is 9.94. The molecule has 1 saturated heterocycles. The molecular formula is C16H25N3O. The van der Waals surface area contributed by atoms with Gasteiger partial charge in [0.05, 0.1) is 12.1 Å². The Labute approximate surface area is 121 Å². The SMILES string of the molecule is CCC1CN(C2COc3ccccc3C2N)CCN1C. The van der Waals surface area contributed by atoms with Gasteiger partial charge in [-0.3, -0.25) is 4.90 Å².